The number of carbonyl (C=O) groups excluding carboxylic acids is 3. The van der Waals surface area contributed by atoms with E-state index in [0.29, 0.717) is 41.1 Å². The minimum Gasteiger partial charge on any atom is -0.469 e. The Labute approximate surface area is 246 Å². The van der Waals surface area contributed by atoms with Gasteiger partial charge in [0.2, 0.25) is 5.91 Å². The summed E-state index contributed by atoms with van der Waals surface area (Å²) in [6, 6.07) is -1.05. The molecule has 4 aliphatic carbocycles. The fourth-order valence-electron chi connectivity index (χ4n) is 10.7. The van der Waals surface area contributed by atoms with Crippen LogP contribution in [0.15, 0.2) is 0 Å². The minimum absolute atomic E-state index is 0.0987. The van der Waals surface area contributed by atoms with Crippen molar-refractivity contribution < 1.29 is 33.7 Å². The largest absolute Gasteiger partial charge is 0.469 e. The predicted octanol–water partition coefficient (Wildman–Crippen LogP) is 4.66. The molecular formula is C33H53NO7. The van der Waals surface area contributed by atoms with E-state index in [2.05, 4.69) is 30.8 Å². The first-order valence-corrected chi connectivity index (χ1v) is 16.2. The lowest BCUT2D eigenvalue weighted by molar-refractivity contribution is -0.151. The van der Waals surface area contributed by atoms with Gasteiger partial charge in [0, 0.05) is 5.92 Å². The van der Waals surface area contributed by atoms with Crippen molar-refractivity contribution in [2.24, 2.45) is 52.3 Å². The van der Waals surface area contributed by atoms with Gasteiger partial charge in [-0.05, 0) is 111 Å². The summed E-state index contributed by atoms with van der Waals surface area (Å²) in [7, 11) is 2.49. The van der Waals surface area contributed by atoms with E-state index >= 15 is 0 Å². The molecule has 2 N–H and O–H groups in total. The van der Waals surface area contributed by atoms with E-state index in [-0.39, 0.29) is 30.5 Å². The Kier molecular flexibility index (Phi) is 8.84. The number of aliphatic hydroxyl groups excluding tert-OH is 1. The molecule has 5 rings (SSSR count). The van der Waals surface area contributed by atoms with Crippen LogP contribution in [0.2, 0.25) is 0 Å². The molecule has 1 amide bonds. The van der Waals surface area contributed by atoms with Crippen LogP contribution in [0, 0.1) is 52.3 Å². The molecule has 1 unspecified atom stereocenters. The van der Waals surface area contributed by atoms with Gasteiger partial charge in [0.05, 0.1) is 39.0 Å². The fraction of sp³-hybridized carbons (Fsp3) is 0.909. The molecule has 8 heteroatoms. The number of esters is 2. The summed E-state index contributed by atoms with van der Waals surface area (Å²) < 4.78 is 16.2. The zero-order valence-electron chi connectivity index (χ0n) is 26.0. The molecule has 41 heavy (non-hydrogen) atoms. The van der Waals surface area contributed by atoms with Gasteiger partial charge in [-0.3, -0.25) is 9.59 Å². The normalized spacial score (nSPS) is 44.4. The summed E-state index contributed by atoms with van der Waals surface area (Å²) in [5.41, 5.74) is 0.693. The van der Waals surface area contributed by atoms with Crippen LogP contribution in [0.5, 0.6) is 0 Å². The van der Waals surface area contributed by atoms with Crippen molar-refractivity contribution in [3.63, 3.8) is 0 Å². The summed E-state index contributed by atoms with van der Waals surface area (Å²) in [5, 5.41) is 13.0. The Morgan fingerprint density at radius 1 is 1.00 bits per heavy atom. The molecule has 1 heterocycles. The van der Waals surface area contributed by atoms with Crippen LogP contribution in [0.3, 0.4) is 0 Å². The van der Waals surface area contributed by atoms with Crippen molar-refractivity contribution in [1.82, 2.24) is 5.32 Å². The van der Waals surface area contributed by atoms with Gasteiger partial charge in [0.15, 0.2) is 0 Å². The Balaban J connectivity index is 1.18. The van der Waals surface area contributed by atoms with E-state index in [9.17, 15) is 19.5 Å². The zero-order chi connectivity index (χ0) is 29.7. The topological polar surface area (TPSA) is 111 Å². The van der Waals surface area contributed by atoms with Crippen LogP contribution in [-0.2, 0) is 28.6 Å². The molecule has 0 spiro atoms. The van der Waals surface area contributed by atoms with Crippen LogP contribution in [0.25, 0.3) is 0 Å². The van der Waals surface area contributed by atoms with Crippen molar-refractivity contribution in [1.29, 1.82) is 0 Å². The van der Waals surface area contributed by atoms with Gasteiger partial charge in [-0.1, -0.05) is 27.7 Å². The quantitative estimate of drug-likeness (QED) is 0.405. The number of fused-ring (bicyclic) bond motifs is 7. The molecule has 1 aliphatic heterocycles. The van der Waals surface area contributed by atoms with Crippen molar-refractivity contribution in [3.8, 4) is 0 Å². The number of hydrogen-bond donors (Lipinski definition) is 2. The smallest absolute Gasteiger partial charge is 0.328 e. The number of ether oxygens (including phenoxy) is 3. The zero-order valence-corrected chi connectivity index (χ0v) is 26.0. The van der Waals surface area contributed by atoms with Crippen molar-refractivity contribution in [3.05, 3.63) is 0 Å². The molecule has 0 bridgehead atoms. The van der Waals surface area contributed by atoms with E-state index in [1.165, 1.54) is 46.3 Å². The highest BCUT2D eigenvalue weighted by molar-refractivity contribution is 5.88. The Morgan fingerprint density at radius 3 is 2.44 bits per heavy atom. The molecule has 4 saturated carbocycles. The SMILES string of the molecule is COC(=O)CC(NC(=O)[C@@H](C)CC[C@H]1O[C@H]2C[C@H]3[C@@H]4CC[C@@H]5C[C@@H](O)CC[C@]5(C)[C@H]4CC[C@]3(C)[C@H]2[C@@H]1C)C(=O)OC. The number of hydrogen-bond acceptors (Lipinski definition) is 7. The average Bonchev–Trinajstić information content (AvgIpc) is 3.43. The monoisotopic (exact) mass is 575 g/mol. The summed E-state index contributed by atoms with van der Waals surface area (Å²) in [6.45, 7) is 9.34. The van der Waals surface area contributed by atoms with Crippen LogP contribution < -0.4 is 5.32 Å². The van der Waals surface area contributed by atoms with E-state index in [4.69, 9.17) is 9.47 Å². The summed E-state index contributed by atoms with van der Waals surface area (Å²) in [4.78, 5) is 36.7. The van der Waals surface area contributed by atoms with E-state index in [0.717, 1.165) is 43.4 Å². The lowest BCUT2D eigenvalue weighted by Crippen LogP contribution is -2.54. The van der Waals surface area contributed by atoms with Crippen LogP contribution in [-0.4, -0.2) is 61.5 Å². The van der Waals surface area contributed by atoms with Gasteiger partial charge in [-0.2, -0.15) is 0 Å². The van der Waals surface area contributed by atoms with Gasteiger partial charge in [-0.15, -0.1) is 0 Å². The van der Waals surface area contributed by atoms with E-state index < -0.39 is 18.0 Å². The average molecular weight is 576 g/mol. The molecule has 5 fully saturated rings. The van der Waals surface area contributed by atoms with Crippen LogP contribution in [0.1, 0.15) is 98.3 Å². The van der Waals surface area contributed by atoms with Gasteiger partial charge in [-0.25, -0.2) is 4.79 Å². The third kappa shape index (κ3) is 5.45. The lowest BCUT2D eigenvalue weighted by atomic mass is 9.44. The molecule has 5 aliphatic rings. The highest BCUT2D eigenvalue weighted by Gasteiger charge is 2.65. The second-order valence-electron chi connectivity index (χ2n) is 14.8. The standard InChI is InChI=1S/C33H53NO7/c1-18(30(37)34-25(31(38)40-6)17-28(36)39-5)7-10-26-19(2)29-27(41-26)16-24-22-9-8-20-15-21(35)11-13-32(20,3)23(22)12-14-33(24,29)4/h18-27,29,35H,7-17H2,1-6H3,(H,34,37)/t18-,19+,20+,21-,22+,23-,24-,25?,26+,27-,29-,32-,33-/m0/s1. The maximum absolute atomic E-state index is 12.9. The van der Waals surface area contributed by atoms with Gasteiger partial charge < -0.3 is 24.6 Å². The molecule has 0 aromatic heterocycles. The molecular weight excluding hydrogens is 522 g/mol. The highest BCUT2D eigenvalue weighted by Crippen LogP contribution is 2.70. The maximum Gasteiger partial charge on any atom is 0.328 e. The van der Waals surface area contributed by atoms with Crippen LogP contribution >= 0.6 is 0 Å². The third-order valence-electron chi connectivity index (χ3n) is 13.0. The first-order valence-electron chi connectivity index (χ1n) is 16.2. The van der Waals surface area contributed by atoms with Gasteiger partial charge in [0.1, 0.15) is 6.04 Å². The fourth-order valence-corrected chi connectivity index (χ4v) is 10.7. The molecule has 0 radical (unpaired) electrons. The van der Waals surface area contributed by atoms with Crippen molar-refractivity contribution in [2.45, 2.75) is 123 Å². The first kappa shape index (κ1) is 30.8. The number of rotatable bonds is 8. The molecule has 0 aromatic rings. The minimum atomic E-state index is -1.05. The first-order chi connectivity index (χ1) is 19.4. The van der Waals surface area contributed by atoms with Gasteiger partial charge in [0.25, 0.3) is 0 Å². The highest BCUT2D eigenvalue weighted by atomic mass is 16.5. The van der Waals surface area contributed by atoms with Crippen molar-refractivity contribution in [2.75, 3.05) is 14.2 Å². The molecule has 1 saturated heterocycles. The number of aliphatic hydroxyl groups is 1. The summed E-state index contributed by atoms with van der Waals surface area (Å²) in [6.07, 6.45) is 11.0. The lowest BCUT2D eigenvalue weighted by Gasteiger charge is -2.61. The Hall–Kier alpha value is -1.67. The molecule has 232 valence electrons. The second kappa shape index (κ2) is 11.8. The second-order valence-corrected chi connectivity index (χ2v) is 14.8. The number of carbonyl (C=O) groups is 3. The summed E-state index contributed by atoms with van der Waals surface area (Å²) >= 11 is 0. The van der Waals surface area contributed by atoms with Crippen LogP contribution in [0.4, 0.5) is 0 Å². The number of amides is 1. The summed E-state index contributed by atoms with van der Waals surface area (Å²) in [5.74, 6) is 2.15. The van der Waals surface area contributed by atoms with Gasteiger partial charge >= 0.3 is 11.9 Å². The number of methoxy groups -OCH3 is 2. The van der Waals surface area contributed by atoms with E-state index in [1.807, 2.05) is 6.92 Å². The Morgan fingerprint density at radius 2 is 1.73 bits per heavy atom. The number of nitrogens with one attached hydrogen (secondary N) is 1. The maximum atomic E-state index is 12.9. The third-order valence-corrected chi connectivity index (χ3v) is 13.0. The van der Waals surface area contributed by atoms with Crippen molar-refractivity contribution >= 4 is 17.8 Å². The molecule has 0 aromatic carbocycles. The van der Waals surface area contributed by atoms with E-state index in [1.54, 1.807) is 0 Å². The molecule has 8 nitrogen and oxygen atoms in total. The Bertz CT molecular complexity index is 1000. The molecule has 13 atom stereocenters. The predicted molar refractivity (Wildman–Crippen MR) is 153 cm³/mol.